The smallest absolute Gasteiger partial charge is 0.285 e. The lowest BCUT2D eigenvalue weighted by atomic mass is 10.3. The van der Waals surface area contributed by atoms with Gasteiger partial charge in [-0.25, -0.2) is 13.1 Å². The van der Waals surface area contributed by atoms with Gasteiger partial charge in [-0.2, -0.15) is 0 Å². The van der Waals surface area contributed by atoms with E-state index in [1.165, 1.54) is 30.5 Å². The fraction of sp³-hybridized carbons (Fsp3) is 0.111. The normalized spacial score (nSPS) is 11.2. The van der Waals surface area contributed by atoms with E-state index in [1.54, 1.807) is 12.1 Å². The fourth-order valence-electron chi connectivity index (χ4n) is 2.51. The van der Waals surface area contributed by atoms with Gasteiger partial charge in [-0.05, 0) is 30.3 Å². The monoisotopic (exact) mass is 432 g/mol. The van der Waals surface area contributed by atoms with Gasteiger partial charge in [0.25, 0.3) is 11.2 Å². The molecule has 0 atom stereocenters. The average molecular weight is 432 g/mol. The van der Waals surface area contributed by atoms with Gasteiger partial charge in [-0.15, -0.1) is 0 Å². The number of amides is 1. The maximum atomic E-state index is 12.4. The van der Waals surface area contributed by atoms with E-state index in [1.807, 2.05) is 0 Å². The molecule has 0 fully saturated rings. The van der Waals surface area contributed by atoms with Crippen LogP contribution < -0.4 is 15.6 Å². The molecule has 0 aliphatic carbocycles. The average Bonchev–Trinajstić information content (AvgIpc) is 3.22. The number of nitrogens with one attached hydrogen (secondary N) is 2. The van der Waals surface area contributed by atoms with Crippen LogP contribution in [-0.2, 0) is 27.9 Å². The third-order valence-corrected chi connectivity index (χ3v) is 5.34. The third-order valence-electron chi connectivity index (χ3n) is 3.94. The molecule has 2 aromatic heterocycles. The van der Waals surface area contributed by atoms with E-state index in [0.717, 1.165) is 22.9 Å². The lowest BCUT2D eigenvalue weighted by Gasteiger charge is -2.10. The fourth-order valence-corrected chi connectivity index (χ4v) is 3.55. The number of sulfonamides is 1. The molecule has 30 heavy (non-hydrogen) atoms. The lowest BCUT2D eigenvalue weighted by molar-refractivity contribution is -0.385. The first-order chi connectivity index (χ1) is 14.2. The van der Waals surface area contributed by atoms with Crippen LogP contribution in [-0.4, -0.2) is 23.8 Å². The molecule has 156 valence electrons. The maximum Gasteiger partial charge on any atom is 0.285 e. The predicted molar refractivity (Wildman–Crippen MR) is 105 cm³/mol. The van der Waals surface area contributed by atoms with E-state index >= 15 is 0 Å². The Labute approximate surface area is 170 Å². The van der Waals surface area contributed by atoms with Gasteiger partial charge in [0.2, 0.25) is 15.9 Å². The van der Waals surface area contributed by atoms with Gasteiger partial charge in [-0.3, -0.25) is 24.3 Å². The molecule has 0 saturated heterocycles. The molecule has 0 spiro atoms. The summed E-state index contributed by atoms with van der Waals surface area (Å²) in [5.41, 5.74) is -0.744. The van der Waals surface area contributed by atoms with Crippen LogP contribution in [0.25, 0.3) is 0 Å². The van der Waals surface area contributed by atoms with E-state index < -0.39 is 33.0 Å². The molecule has 1 aromatic carbocycles. The van der Waals surface area contributed by atoms with E-state index in [9.17, 15) is 28.1 Å². The van der Waals surface area contributed by atoms with Crippen LogP contribution in [0, 0.1) is 10.1 Å². The van der Waals surface area contributed by atoms with Crippen LogP contribution in [0.4, 0.5) is 11.4 Å². The molecule has 11 nitrogen and oxygen atoms in total. The van der Waals surface area contributed by atoms with Crippen molar-refractivity contribution in [2.75, 3.05) is 5.32 Å². The molecule has 0 saturated carbocycles. The Hall–Kier alpha value is -3.77. The van der Waals surface area contributed by atoms with Crippen molar-refractivity contribution in [1.82, 2.24) is 9.29 Å². The van der Waals surface area contributed by atoms with Crippen molar-refractivity contribution in [3.8, 4) is 0 Å². The highest BCUT2D eigenvalue weighted by molar-refractivity contribution is 7.89. The number of hydrogen-bond acceptors (Lipinski definition) is 7. The van der Waals surface area contributed by atoms with Crippen LogP contribution in [0.15, 0.2) is 75.1 Å². The second-order valence-electron chi connectivity index (χ2n) is 6.09. The molecule has 0 aliphatic heterocycles. The Morgan fingerprint density at radius 1 is 1.17 bits per heavy atom. The molecule has 0 bridgehead atoms. The first kappa shape index (κ1) is 21.0. The zero-order valence-electron chi connectivity index (χ0n) is 15.3. The first-order valence-electron chi connectivity index (χ1n) is 8.51. The Bertz CT molecular complexity index is 1230. The number of benzene rings is 1. The molecule has 0 unspecified atom stereocenters. The van der Waals surface area contributed by atoms with Crippen molar-refractivity contribution >= 4 is 27.3 Å². The molecular formula is C18H16N4O7S. The summed E-state index contributed by atoms with van der Waals surface area (Å²) in [7, 11) is -3.87. The topological polar surface area (TPSA) is 154 Å². The summed E-state index contributed by atoms with van der Waals surface area (Å²) < 4.78 is 33.2. The Kier molecular flexibility index (Phi) is 6.09. The highest BCUT2D eigenvalue weighted by Crippen LogP contribution is 2.16. The van der Waals surface area contributed by atoms with Crippen LogP contribution >= 0.6 is 0 Å². The molecule has 0 aliphatic rings. The SMILES string of the molecule is O=C(Cn1cc([N+](=O)[O-])ccc1=O)Nc1cccc(S(=O)(=O)NCc2ccco2)c1. The molecule has 12 heteroatoms. The quantitative estimate of drug-likeness (QED) is 0.403. The Morgan fingerprint density at radius 2 is 1.97 bits per heavy atom. The van der Waals surface area contributed by atoms with Crippen molar-refractivity contribution in [2.45, 2.75) is 18.0 Å². The summed E-state index contributed by atoms with van der Waals surface area (Å²) in [6.07, 6.45) is 2.38. The summed E-state index contributed by atoms with van der Waals surface area (Å²) in [6, 6.07) is 10.8. The number of nitro groups is 1. The molecule has 1 amide bonds. The Balaban J connectivity index is 1.70. The highest BCUT2D eigenvalue weighted by atomic mass is 32.2. The minimum atomic E-state index is -3.87. The third kappa shape index (κ3) is 5.18. The maximum absolute atomic E-state index is 12.4. The van der Waals surface area contributed by atoms with Crippen LogP contribution in [0.2, 0.25) is 0 Å². The zero-order valence-corrected chi connectivity index (χ0v) is 16.2. The van der Waals surface area contributed by atoms with Crippen LogP contribution in [0.1, 0.15) is 5.76 Å². The first-order valence-corrected chi connectivity index (χ1v) is 10.00. The van der Waals surface area contributed by atoms with Crippen molar-refractivity contribution in [3.05, 3.63) is 87.2 Å². The lowest BCUT2D eigenvalue weighted by Crippen LogP contribution is -2.27. The number of rotatable bonds is 8. The standard InChI is InChI=1S/C18H16N4O7S/c23-17(12-21-11-14(22(25)26)6-7-18(21)24)20-13-3-1-5-16(9-13)30(27,28)19-10-15-4-2-8-29-15/h1-9,11,19H,10,12H2,(H,20,23). The van der Waals surface area contributed by atoms with Crippen LogP contribution in [0.3, 0.4) is 0 Å². The van der Waals surface area contributed by atoms with E-state index in [4.69, 9.17) is 4.42 Å². The number of carbonyl (C=O) groups excluding carboxylic acids is 1. The largest absolute Gasteiger partial charge is 0.468 e. The number of nitrogens with zero attached hydrogens (tertiary/aromatic N) is 2. The van der Waals surface area contributed by atoms with E-state index in [0.29, 0.717) is 5.76 Å². The molecular weight excluding hydrogens is 416 g/mol. The number of carbonyl (C=O) groups is 1. The predicted octanol–water partition coefficient (Wildman–Crippen LogP) is 1.47. The second-order valence-corrected chi connectivity index (χ2v) is 7.86. The van der Waals surface area contributed by atoms with Crippen molar-refractivity contribution in [2.24, 2.45) is 0 Å². The number of pyridine rings is 1. The van der Waals surface area contributed by atoms with Gasteiger partial charge >= 0.3 is 0 Å². The van der Waals surface area contributed by atoms with E-state index in [-0.39, 0.29) is 22.8 Å². The number of aromatic nitrogens is 1. The minimum absolute atomic E-state index is 0.0401. The number of hydrogen-bond donors (Lipinski definition) is 2. The summed E-state index contributed by atoms with van der Waals surface area (Å²) in [5.74, 6) is -0.221. The molecule has 0 radical (unpaired) electrons. The summed E-state index contributed by atoms with van der Waals surface area (Å²) >= 11 is 0. The minimum Gasteiger partial charge on any atom is -0.468 e. The van der Waals surface area contributed by atoms with Gasteiger partial charge in [-0.1, -0.05) is 6.07 Å². The van der Waals surface area contributed by atoms with Gasteiger partial charge in [0.1, 0.15) is 12.3 Å². The number of furan rings is 1. The summed E-state index contributed by atoms with van der Waals surface area (Å²) in [6.45, 7) is -0.518. The second kappa shape index (κ2) is 8.71. The van der Waals surface area contributed by atoms with Gasteiger partial charge < -0.3 is 9.73 Å². The summed E-state index contributed by atoms with van der Waals surface area (Å²) in [5, 5.41) is 13.3. The van der Waals surface area contributed by atoms with Crippen molar-refractivity contribution < 1.29 is 22.6 Å². The zero-order chi connectivity index (χ0) is 21.7. The molecule has 3 aromatic rings. The Morgan fingerprint density at radius 3 is 2.67 bits per heavy atom. The van der Waals surface area contributed by atoms with Gasteiger partial charge in [0.15, 0.2) is 0 Å². The van der Waals surface area contributed by atoms with E-state index in [2.05, 4.69) is 10.0 Å². The van der Waals surface area contributed by atoms with Crippen LogP contribution in [0.5, 0.6) is 0 Å². The van der Waals surface area contributed by atoms with Crippen molar-refractivity contribution in [3.63, 3.8) is 0 Å². The molecule has 2 N–H and O–H groups in total. The number of anilines is 1. The van der Waals surface area contributed by atoms with Crippen molar-refractivity contribution in [1.29, 1.82) is 0 Å². The van der Waals surface area contributed by atoms with Gasteiger partial charge in [0, 0.05) is 17.8 Å². The molecule has 3 rings (SSSR count). The highest BCUT2D eigenvalue weighted by Gasteiger charge is 2.16. The van der Waals surface area contributed by atoms with Gasteiger partial charge in [0.05, 0.1) is 28.8 Å². The summed E-state index contributed by atoms with van der Waals surface area (Å²) in [4.78, 5) is 34.1. The molecule has 2 heterocycles.